The molecule has 0 bridgehead atoms. The van der Waals surface area contributed by atoms with Crippen LogP contribution in [0.5, 0.6) is 0 Å². The average molecular weight is 333 g/mol. The lowest BCUT2D eigenvalue weighted by atomic mass is 10.1. The molecule has 0 aliphatic heterocycles. The summed E-state index contributed by atoms with van der Waals surface area (Å²) in [5.74, 6) is 0. The van der Waals surface area contributed by atoms with E-state index in [2.05, 4.69) is 36.0 Å². The first-order chi connectivity index (χ1) is 10.7. The van der Waals surface area contributed by atoms with E-state index in [4.69, 9.17) is 0 Å². The number of hydrogen-bond donors (Lipinski definition) is 0. The zero-order chi connectivity index (χ0) is 15.8. The molecule has 0 atom stereocenters. The second-order valence-corrected chi connectivity index (χ2v) is 5.26. The number of non-ortho nitro benzene ring substituents is 1. The van der Waals surface area contributed by atoms with Crippen LogP contribution in [0.15, 0.2) is 48.8 Å². The Morgan fingerprint density at radius 3 is 2.09 bits per heavy atom. The van der Waals surface area contributed by atoms with Gasteiger partial charge in [0.1, 0.15) is 6.54 Å². The van der Waals surface area contributed by atoms with Crippen LogP contribution in [0.2, 0.25) is 0 Å². The fraction of sp³-hybridized carbons (Fsp3) is 0.278. The third-order valence-corrected chi connectivity index (χ3v) is 3.51. The van der Waals surface area contributed by atoms with Gasteiger partial charge in [-0.2, -0.15) is 0 Å². The monoisotopic (exact) mass is 332 g/mol. The number of pyridine rings is 1. The molecular weight excluding hydrogens is 312 g/mol. The molecule has 23 heavy (non-hydrogen) atoms. The number of nitro benzene ring substituents is 1. The smallest absolute Gasteiger partial charge is 0.269 e. The van der Waals surface area contributed by atoms with E-state index in [9.17, 15) is 10.1 Å². The van der Waals surface area contributed by atoms with Gasteiger partial charge in [0.05, 0.1) is 4.92 Å². The number of rotatable bonds is 7. The van der Waals surface area contributed by atoms with Crippen molar-refractivity contribution in [2.45, 2.75) is 32.7 Å². The summed E-state index contributed by atoms with van der Waals surface area (Å²) < 4.78 is 2.19. The van der Waals surface area contributed by atoms with Crippen LogP contribution in [0.1, 0.15) is 37.3 Å². The quantitative estimate of drug-likeness (QED) is 0.331. The van der Waals surface area contributed by atoms with Crippen LogP contribution >= 0.6 is 0 Å². The molecule has 0 aliphatic rings. The summed E-state index contributed by atoms with van der Waals surface area (Å²) in [7, 11) is 0. The molecule has 1 aromatic heterocycles. The lowest BCUT2D eigenvalue weighted by Gasteiger charge is -1.97. The minimum absolute atomic E-state index is 0. The number of hydrogen-bond acceptors (Lipinski definition) is 2. The second-order valence-electron chi connectivity index (χ2n) is 5.26. The highest BCUT2D eigenvalue weighted by Gasteiger charge is 2.02. The first-order valence-corrected chi connectivity index (χ1v) is 7.60. The van der Waals surface area contributed by atoms with Gasteiger partial charge in [-0.1, -0.05) is 25.5 Å². The largest absolute Gasteiger partial charge is 1.00 e. The molecule has 2 aromatic rings. The number of aryl methyl sites for hydroxylation is 1. The Morgan fingerprint density at radius 1 is 1.00 bits per heavy atom. The van der Waals surface area contributed by atoms with Crippen molar-refractivity contribution >= 4 is 17.8 Å². The van der Waals surface area contributed by atoms with Gasteiger partial charge in [0.15, 0.2) is 12.4 Å². The van der Waals surface area contributed by atoms with Gasteiger partial charge in [-0.3, -0.25) is 10.1 Å². The highest BCUT2D eigenvalue weighted by atomic mass is 35.5. The number of benzene rings is 1. The molecule has 0 saturated heterocycles. The fourth-order valence-electron chi connectivity index (χ4n) is 2.17. The van der Waals surface area contributed by atoms with Crippen LogP contribution in [0.25, 0.3) is 12.2 Å². The maximum atomic E-state index is 10.6. The van der Waals surface area contributed by atoms with Crippen molar-refractivity contribution in [3.05, 3.63) is 70.0 Å². The van der Waals surface area contributed by atoms with E-state index >= 15 is 0 Å². The molecule has 0 N–H and O–H groups in total. The molecule has 0 fully saturated rings. The van der Waals surface area contributed by atoms with E-state index in [1.807, 2.05) is 12.2 Å². The average Bonchev–Trinajstić information content (AvgIpc) is 2.55. The molecule has 122 valence electrons. The number of aromatic nitrogens is 1. The van der Waals surface area contributed by atoms with E-state index in [0.29, 0.717) is 0 Å². The second kappa shape index (κ2) is 9.74. The predicted molar refractivity (Wildman–Crippen MR) is 88.2 cm³/mol. The summed E-state index contributed by atoms with van der Waals surface area (Å²) in [4.78, 5) is 10.2. The SMILES string of the molecule is CCCCC[n+]1ccc(/C=C/c2ccc([N+](=O)[O-])cc2)cc1.[Cl-]. The van der Waals surface area contributed by atoms with Crippen molar-refractivity contribution in [1.82, 2.24) is 0 Å². The van der Waals surface area contributed by atoms with Gasteiger partial charge in [-0.15, -0.1) is 0 Å². The Balaban J connectivity index is 0.00000264. The lowest BCUT2D eigenvalue weighted by Crippen LogP contribution is -3.00. The van der Waals surface area contributed by atoms with Crippen molar-refractivity contribution in [3.8, 4) is 0 Å². The fourth-order valence-corrected chi connectivity index (χ4v) is 2.17. The van der Waals surface area contributed by atoms with Gasteiger partial charge in [0.25, 0.3) is 5.69 Å². The number of halogens is 1. The number of unbranched alkanes of at least 4 members (excludes halogenated alkanes) is 2. The molecule has 4 nitrogen and oxygen atoms in total. The first-order valence-electron chi connectivity index (χ1n) is 7.60. The molecule has 0 aliphatic carbocycles. The molecule has 0 saturated carbocycles. The predicted octanol–water partition coefficient (Wildman–Crippen LogP) is 1.25. The molecule has 1 aromatic carbocycles. The Labute approximate surface area is 143 Å². The summed E-state index contributed by atoms with van der Waals surface area (Å²) in [6.45, 7) is 3.26. The Bertz CT molecular complexity index is 637. The number of nitro groups is 1. The summed E-state index contributed by atoms with van der Waals surface area (Å²) in [6.07, 6.45) is 11.8. The van der Waals surface area contributed by atoms with Crippen LogP contribution in [-0.2, 0) is 6.54 Å². The molecule has 0 spiro atoms. The van der Waals surface area contributed by atoms with Gasteiger partial charge < -0.3 is 12.4 Å². The van der Waals surface area contributed by atoms with E-state index in [-0.39, 0.29) is 23.0 Å². The summed E-state index contributed by atoms with van der Waals surface area (Å²) in [6, 6.07) is 10.7. The van der Waals surface area contributed by atoms with Crippen LogP contribution < -0.4 is 17.0 Å². The zero-order valence-electron chi connectivity index (χ0n) is 13.2. The van der Waals surface area contributed by atoms with Crippen molar-refractivity contribution in [3.63, 3.8) is 0 Å². The maximum absolute atomic E-state index is 10.6. The Morgan fingerprint density at radius 2 is 1.57 bits per heavy atom. The minimum Gasteiger partial charge on any atom is -1.00 e. The van der Waals surface area contributed by atoms with Crippen molar-refractivity contribution in [1.29, 1.82) is 0 Å². The Hall–Kier alpha value is -2.20. The van der Waals surface area contributed by atoms with Crippen LogP contribution in [0, 0.1) is 10.1 Å². The highest BCUT2D eigenvalue weighted by Crippen LogP contribution is 2.14. The molecule has 5 heteroatoms. The van der Waals surface area contributed by atoms with E-state index in [1.54, 1.807) is 12.1 Å². The highest BCUT2D eigenvalue weighted by molar-refractivity contribution is 5.69. The van der Waals surface area contributed by atoms with Crippen LogP contribution in [0.4, 0.5) is 5.69 Å². The van der Waals surface area contributed by atoms with Crippen molar-refractivity contribution in [2.75, 3.05) is 0 Å². The molecular formula is C18H21ClN2O2. The topological polar surface area (TPSA) is 47.0 Å². The normalized spacial score (nSPS) is 10.5. The van der Waals surface area contributed by atoms with Crippen molar-refractivity contribution in [2.24, 2.45) is 0 Å². The summed E-state index contributed by atoms with van der Waals surface area (Å²) in [5, 5.41) is 10.6. The first kappa shape index (κ1) is 18.8. The maximum Gasteiger partial charge on any atom is 0.269 e. The minimum atomic E-state index is -0.387. The molecule has 1 heterocycles. The molecule has 2 rings (SSSR count). The third-order valence-electron chi connectivity index (χ3n) is 3.51. The summed E-state index contributed by atoms with van der Waals surface area (Å²) >= 11 is 0. The zero-order valence-corrected chi connectivity index (χ0v) is 13.9. The third kappa shape index (κ3) is 6.20. The van der Waals surface area contributed by atoms with E-state index in [1.165, 1.54) is 31.4 Å². The molecule has 0 radical (unpaired) electrons. The van der Waals surface area contributed by atoms with Gasteiger partial charge in [-0.25, -0.2) is 4.57 Å². The molecule has 0 unspecified atom stereocenters. The van der Waals surface area contributed by atoms with Crippen molar-refractivity contribution < 1.29 is 21.9 Å². The van der Waals surface area contributed by atoms with E-state index < -0.39 is 0 Å². The van der Waals surface area contributed by atoms with Gasteiger partial charge in [0.2, 0.25) is 0 Å². The van der Waals surface area contributed by atoms with Crippen LogP contribution in [-0.4, -0.2) is 4.92 Å². The lowest BCUT2D eigenvalue weighted by molar-refractivity contribution is -0.697. The van der Waals surface area contributed by atoms with Crippen LogP contribution in [0.3, 0.4) is 0 Å². The van der Waals surface area contributed by atoms with E-state index in [0.717, 1.165) is 17.7 Å². The summed E-state index contributed by atoms with van der Waals surface area (Å²) in [5.41, 5.74) is 2.18. The van der Waals surface area contributed by atoms with Gasteiger partial charge in [-0.05, 0) is 29.7 Å². The number of nitrogens with zero attached hydrogens (tertiary/aromatic N) is 2. The Kier molecular flexibility index (Phi) is 7.98. The molecule has 0 amide bonds. The van der Waals surface area contributed by atoms with Gasteiger partial charge >= 0.3 is 0 Å². The van der Waals surface area contributed by atoms with Gasteiger partial charge in [0, 0.05) is 30.7 Å². The standard InChI is InChI=1S/C18H21N2O2.ClH/c1-2-3-4-13-19-14-11-17(12-15-19)6-5-16-7-9-18(10-8-16)20(21)22;/h5-12,14-15H,2-4,13H2,1H3;1H/q+1;/p-1/b6-5+;.